The van der Waals surface area contributed by atoms with Gasteiger partial charge in [0.05, 0.1) is 0 Å². The Labute approximate surface area is 162 Å². The predicted molar refractivity (Wildman–Crippen MR) is 108 cm³/mol. The summed E-state index contributed by atoms with van der Waals surface area (Å²) in [5.41, 5.74) is 3.01. The quantitative estimate of drug-likeness (QED) is 0.597. The first-order chi connectivity index (χ1) is 13.1. The van der Waals surface area contributed by atoms with Gasteiger partial charge in [-0.2, -0.15) is 11.8 Å². The molecule has 2 aromatic heterocycles. The summed E-state index contributed by atoms with van der Waals surface area (Å²) < 4.78 is 11.1. The van der Waals surface area contributed by atoms with Crippen LogP contribution < -0.4 is 5.32 Å². The molecule has 0 saturated heterocycles. The minimum absolute atomic E-state index is 0.250. The zero-order chi connectivity index (χ0) is 18.8. The Bertz CT molecular complexity index is 934. The second-order valence-electron chi connectivity index (χ2n) is 7.13. The first-order valence-electron chi connectivity index (χ1n) is 9.49. The number of furan rings is 1. The molecule has 0 spiro atoms. The number of aryl methyl sites for hydroxylation is 2. The summed E-state index contributed by atoms with van der Waals surface area (Å²) in [4.78, 5) is 13.0. The SMILES string of the molecule is Cc1noc(C)c1NC(=O)c1oc2ccccc2c1CSC1CCCCC1. The van der Waals surface area contributed by atoms with Crippen LogP contribution in [0.3, 0.4) is 0 Å². The van der Waals surface area contributed by atoms with Gasteiger partial charge in [0, 0.05) is 22.0 Å². The third-order valence-electron chi connectivity index (χ3n) is 5.19. The molecule has 27 heavy (non-hydrogen) atoms. The van der Waals surface area contributed by atoms with Gasteiger partial charge in [0.15, 0.2) is 11.5 Å². The zero-order valence-corrected chi connectivity index (χ0v) is 16.5. The van der Waals surface area contributed by atoms with Crippen LogP contribution in [0.2, 0.25) is 0 Å². The highest BCUT2D eigenvalue weighted by Gasteiger charge is 2.24. The lowest BCUT2D eigenvalue weighted by atomic mass is 10.0. The molecule has 0 aliphatic heterocycles. The monoisotopic (exact) mass is 384 g/mol. The molecule has 1 saturated carbocycles. The average Bonchev–Trinajstić information content (AvgIpc) is 3.22. The zero-order valence-electron chi connectivity index (χ0n) is 15.7. The van der Waals surface area contributed by atoms with Crippen LogP contribution in [0, 0.1) is 13.8 Å². The number of benzene rings is 1. The Kier molecular flexibility index (Phi) is 5.25. The first-order valence-corrected chi connectivity index (χ1v) is 10.5. The van der Waals surface area contributed by atoms with E-state index in [1.54, 1.807) is 6.92 Å². The van der Waals surface area contributed by atoms with E-state index < -0.39 is 0 Å². The van der Waals surface area contributed by atoms with E-state index in [1.165, 1.54) is 32.1 Å². The molecule has 0 radical (unpaired) electrons. The Morgan fingerprint density at radius 3 is 2.74 bits per heavy atom. The molecular weight excluding hydrogens is 360 g/mol. The number of nitrogens with zero attached hydrogens (tertiary/aromatic N) is 1. The largest absolute Gasteiger partial charge is 0.451 e. The lowest BCUT2D eigenvalue weighted by Crippen LogP contribution is -2.14. The lowest BCUT2D eigenvalue weighted by molar-refractivity contribution is 0.0997. The number of nitrogens with one attached hydrogen (secondary N) is 1. The van der Waals surface area contributed by atoms with E-state index in [4.69, 9.17) is 8.94 Å². The summed E-state index contributed by atoms with van der Waals surface area (Å²) in [5, 5.41) is 8.51. The minimum atomic E-state index is -0.250. The molecule has 1 amide bonds. The highest BCUT2D eigenvalue weighted by atomic mass is 32.2. The molecule has 4 rings (SSSR count). The normalized spacial score (nSPS) is 15.3. The number of anilines is 1. The number of amides is 1. The standard InChI is InChI=1S/C21H24N2O3S/c1-13-19(14(2)26-23-13)22-21(24)20-17(12-27-15-8-4-3-5-9-15)16-10-6-7-11-18(16)25-20/h6-7,10-11,15H,3-5,8-9,12H2,1-2H3,(H,22,24). The van der Waals surface area contributed by atoms with Gasteiger partial charge in [0.25, 0.3) is 5.91 Å². The van der Waals surface area contributed by atoms with Crippen LogP contribution in [-0.4, -0.2) is 16.3 Å². The van der Waals surface area contributed by atoms with Crippen molar-refractivity contribution >= 4 is 34.3 Å². The molecule has 0 unspecified atom stereocenters. The van der Waals surface area contributed by atoms with Gasteiger partial charge >= 0.3 is 0 Å². The summed E-state index contributed by atoms with van der Waals surface area (Å²) in [7, 11) is 0. The van der Waals surface area contributed by atoms with E-state index in [1.807, 2.05) is 43.0 Å². The molecule has 1 aliphatic carbocycles. The van der Waals surface area contributed by atoms with E-state index >= 15 is 0 Å². The van der Waals surface area contributed by atoms with Crippen molar-refractivity contribution in [1.82, 2.24) is 5.16 Å². The lowest BCUT2D eigenvalue weighted by Gasteiger charge is -2.20. The van der Waals surface area contributed by atoms with Gasteiger partial charge in [-0.1, -0.05) is 42.6 Å². The number of hydrogen-bond donors (Lipinski definition) is 1. The number of rotatable bonds is 5. The molecule has 1 N–H and O–H groups in total. The maximum absolute atomic E-state index is 13.0. The fraction of sp³-hybridized carbons (Fsp3) is 0.429. The van der Waals surface area contributed by atoms with E-state index in [2.05, 4.69) is 10.5 Å². The summed E-state index contributed by atoms with van der Waals surface area (Å²) in [5.74, 6) is 1.51. The molecule has 1 fully saturated rings. The third-order valence-corrected chi connectivity index (χ3v) is 6.59. The van der Waals surface area contributed by atoms with Crippen molar-refractivity contribution in [2.24, 2.45) is 0 Å². The van der Waals surface area contributed by atoms with Crippen molar-refractivity contribution in [1.29, 1.82) is 0 Å². The van der Waals surface area contributed by atoms with Crippen molar-refractivity contribution in [3.63, 3.8) is 0 Å². The van der Waals surface area contributed by atoms with Crippen LogP contribution in [0.25, 0.3) is 11.0 Å². The van der Waals surface area contributed by atoms with Crippen LogP contribution in [0.4, 0.5) is 5.69 Å². The van der Waals surface area contributed by atoms with E-state index in [0.29, 0.717) is 28.2 Å². The average molecular weight is 385 g/mol. The van der Waals surface area contributed by atoms with Gasteiger partial charge in [0.1, 0.15) is 17.0 Å². The van der Waals surface area contributed by atoms with Crippen molar-refractivity contribution in [3.05, 3.63) is 47.0 Å². The third kappa shape index (κ3) is 3.76. The maximum Gasteiger partial charge on any atom is 0.291 e. The fourth-order valence-electron chi connectivity index (χ4n) is 3.69. The Hall–Kier alpha value is -2.21. The Balaban J connectivity index is 1.61. The molecule has 0 bridgehead atoms. The molecule has 5 nitrogen and oxygen atoms in total. The molecular formula is C21H24N2O3S. The Morgan fingerprint density at radius 1 is 1.22 bits per heavy atom. The molecule has 2 heterocycles. The van der Waals surface area contributed by atoms with E-state index in [-0.39, 0.29) is 5.91 Å². The van der Waals surface area contributed by atoms with Crippen LogP contribution in [0.5, 0.6) is 0 Å². The van der Waals surface area contributed by atoms with Gasteiger partial charge in [-0.3, -0.25) is 4.79 Å². The van der Waals surface area contributed by atoms with Crippen molar-refractivity contribution in [3.8, 4) is 0 Å². The van der Waals surface area contributed by atoms with Gasteiger partial charge < -0.3 is 14.3 Å². The molecule has 3 aromatic rings. The number of aromatic nitrogens is 1. The van der Waals surface area contributed by atoms with Crippen LogP contribution in [-0.2, 0) is 5.75 Å². The van der Waals surface area contributed by atoms with Gasteiger partial charge in [-0.05, 0) is 32.8 Å². The second kappa shape index (κ2) is 7.80. The van der Waals surface area contributed by atoms with Gasteiger partial charge in [-0.15, -0.1) is 0 Å². The number of carbonyl (C=O) groups is 1. The Morgan fingerprint density at radius 2 is 2.00 bits per heavy atom. The molecule has 142 valence electrons. The number of carbonyl (C=O) groups excluding carboxylic acids is 1. The number of para-hydroxylation sites is 1. The maximum atomic E-state index is 13.0. The summed E-state index contributed by atoms with van der Waals surface area (Å²) >= 11 is 1.94. The van der Waals surface area contributed by atoms with Crippen molar-refractivity contribution < 1.29 is 13.7 Å². The van der Waals surface area contributed by atoms with Crippen LogP contribution >= 0.6 is 11.8 Å². The van der Waals surface area contributed by atoms with E-state index in [0.717, 1.165) is 22.3 Å². The van der Waals surface area contributed by atoms with E-state index in [9.17, 15) is 4.79 Å². The highest BCUT2D eigenvalue weighted by molar-refractivity contribution is 7.99. The predicted octanol–water partition coefficient (Wildman–Crippen LogP) is 5.86. The second-order valence-corrected chi connectivity index (χ2v) is 8.42. The molecule has 6 heteroatoms. The van der Waals surface area contributed by atoms with Crippen molar-refractivity contribution in [2.75, 3.05) is 5.32 Å². The van der Waals surface area contributed by atoms with Gasteiger partial charge in [-0.25, -0.2) is 0 Å². The molecule has 0 atom stereocenters. The van der Waals surface area contributed by atoms with Gasteiger partial charge in [0.2, 0.25) is 0 Å². The summed E-state index contributed by atoms with van der Waals surface area (Å²) in [6.45, 7) is 3.60. The van der Waals surface area contributed by atoms with Crippen LogP contribution in [0.15, 0.2) is 33.2 Å². The van der Waals surface area contributed by atoms with Crippen molar-refractivity contribution in [2.45, 2.75) is 57.0 Å². The minimum Gasteiger partial charge on any atom is -0.451 e. The number of hydrogen-bond acceptors (Lipinski definition) is 5. The summed E-state index contributed by atoms with van der Waals surface area (Å²) in [6.07, 6.45) is 6.49. The highest BCUT2D eigenvalue weighted by Crippen LogP contribution is 2.35. The molecule has 1 aromatic carbocycles. The fourth-order valence-corrected chi connectivity index (χ4v) is 5.05. The topological polar surface area (TPSA) is 68.3 Å². The first kappa shape index (κ1) is 18.2. The smallest absolute Gasteiger partial charge is 0.291 e. The molecule has 1 aliphatic rings. The number of thioether (sulfide) groups is 1. The summed E-state index contributed by atoms with van der Waals surface area (Å²) in [6, 6.07) is 7.86. The van der Waals surface area contributed by atoms with Crippen LogP contribution in [0.1, 0.15) is 59.7 Å². The number of fused-ring (bicyclic) bond motifs is 1.